The highest BCUT2D eigenvalue weighted by molar-refractivity contribution is 4.84. The van der Waals surface area contributed by atoms with Gasteiger partial charge in [-0.3, -0.25) is 0 Å². The molecule has 0 spiro atoms. The molecule has 14 heavy (non-hydrogen) atoms. The highest BCUT2D eigenvalue weighted by atomic mass is 15.1. The van der Waals surface area contributed by atoms with Crippen LogP contribution in [0.15, 0.2) is 0 Å². The Balaban J connectivity index is 4.14. The Hall–Kier alpha value is -0.0800. The fraction of sp³-hybridized carbons (Fsp3) is 1.00. The molecule has 0 fully saturated rings. The Morgan fingerprint density at radius 1 is 1.14 bits per heavy atom. The zero-order valence-electron chi connectivity index (χ0n) is 10.6. The minimum Gasteiger partial charge on any atom is -0.324 e. The van der Waals surface area contributed by atoms with Crippen LogP contribution >= 0.6 is 0 Å². The quantitative estimate of drug-likeness (QED) is 0.684. The molecule has 0 bridgehead atoms. The summed E-state index contributed by atoms with van der Waals surface area (Å²) in [5.41, 5.74) is 6.33. The fourth-order valence-electron chi connectivity index (χ4n) is 1.74. The molecule has 0 aromatic carbocycles. The van der Waals surface area contributed by atoms with Gasteiger partial charge in [-0.05, 0) is 25.3 Å². The summed E-state index contributed by atoms with van der Waals surface area (Å²) in [6, 6.07) is 0. The minimum atomic E-state index is 0.0188. The SMILES string of the molecule is CCN(CC(C)C)CC(N)(CC)CC. The average molecular weight is 200 g/mol. The molecule has 0 rings (SSSR count). The molecular weight excluding hydrogens is 172 g/mol. The van der Waals surface area contributed by atoms with E-state index in [-0.39, 0.29) is 5.54 Å². The molecule has 0 aliphatic carbocycles. The Bertz CT molecular complexity index is 139. The van der Waals surface area contributed by atoms with Crippen molar-refractivity contribution in [1.82, 2.24) is 4.90 Å². The van der Waals surface area contributed by atoms with Gasteiger partial charge in [0.05, 0.1) is 0 Å². The largest absolute Gasteiger partial charge is 0.324 e. The summed E-state index contributed by atoms with van der Waals surface area (Å²) in [5, 5.41) is 0. The number of rotatable bonds is 7. The van der Waals surface area contributed by atoms with Crippen molar-refractivity contribution in [1.29, 1.82) is 0 Å². The van der Waals surface area contributed by atoms with Crippen LogP contribution in [-0.2, 0) is 0 Å². The van der Waals surface area contributed by atoms with Gasteiger partial charge in [-0.15, -0.1) is 0 Å². The van der Waals surface area contributed by atoms with Crippen molar-refractivity contribution < 1.29 is 0 Å². The van der Waals surface area contributed by atoms with E-state index in [4.69, 9.17) is 5.73 Å². The maximum absolute atomic E-state index is 6.31. The first-order chi connectivity index (χ1) is 6.47. The van der Waals surface area contributed by atoms with E-state index in [2.05, 4.69) is 39.5 Å². The zero-order chi connectivity index (χ0) is 11.2. The smallest absolute Gasteiger partial charge is 0.0278 e. The number of hydrogen-bond acceptors (Lipinski definition) is 2. The summed E-state index contributed by atoms with van der Waals surface area (Å²) >= 11 is 0. The van der Waals surface area contributed by atoms with Crippen LogP contribution in [0.5, 0.6) is 0 Å². The van der Waals surface area contributed by atoms with Crippen molar-refractivity contribution in [2.24, 2.45) is 11.7 Å². The van der Waals surface area contributed by atoms with E-state index in [1.54, 1.807) is 0 Å². The third-order valence-electron chi connectivity index (χ3n) is 3.02. The van der Waals surface area contributed by atoms with Crippen molar-refractivity contribution in [2.45, 2.75) is 53.0 Å². The molecule has 0 amide bonds. The van der Waals surface area contributed by atoms with Gasteiger partial charge in [0.2, 0.25) is 0 Å². The predicted octanol–water partition coefficient (Wildman–Crippen LogP) is 2.48. The van der Waals surface area contributed by atoms with Crippen LogP contribution in [0.3, 0.4) is 0 Å². The van der Waals surface area contributed by atoms with Gasteiger partial charge in [0.25, 0.3) is 0 Å². The Morgan fingerprint density at radius 3 is 1.93 bits per heavy atom. The van der Waals surface area contributed by atoms with Crippen LogP contribution in [0.2, 0.25) is 0 Å². The summed E-state index contributed by atoms with van der Waals surface area (Å²) in [6.07, 6.45) is 2.14. The molecule has 86 valence electrons. The predicted molar refractivity (Wildman–Crippen MR) is 64.5 cm³/mol. The topological polar surface area (TPSA) is 29.3 Å². The van der Waals surface area contributed by atoms with E-state index in [1.807, 2.05) is 0 Å². The molecular formula is C12H28N2. The second-order valence-electron chi connectivity index (χ2n) is 4.79. The standard InChI is InChI=1S/C12H28N2/c1-6-12(13,7-2)10-14(8-3)9-11(4)5/h11H,6-10,13H2,1-5H3. The Kier molecular flexibility index (Phi) is 6.38. The summed E-state index contributed by atoms with van der Waals surface area (Å²) in [5.74, 6) is 0.730. The van der Waals surface area contributed by atoms with Gasteiger partial charge >= 0.3 is 0 Å². The molecule has 0 heterocycles. The summed E-state index contributed by atoms with van der Waals surface area (Å²) in [6.45, 7) is 14.4. The molecule has 2 N–H and O–H groups in total. The molecule has 0 aromatic heterocycles. The lowest BCUT2D eigenvalue weighted by molar-refractivity contribution is 0.189. The number of hydrogen-bond donors (Lipinski definition) is 1. The summed E-state index contributed by atoms with van der Waals surface area (Å²) in [4.78, 5) is 2.47. The fourth-order valence-corrected chi connectivity index (χ4v) is 1.74. The van der Waals surface area contributed by atoms with Crippen LogP contribution < -0.4 is 5.73 Å². The van der Waals surface area contributed by atoms with Crippen molar-refractivity contribution in [3.8, 4) is 0 Å². The van der Waals surface area contributed by atoms with Crippen molar-refractivity contribution >= 4 is 0 Å². The van der Waals surface area contributed by atoms with Gasteiger partial charge < -0.3 is 10.6 Å². The third-order valence-corrected chi connectivity index (χ3v) is 3.02. The molecule has 2 heteroatoms. The summed E-state index contributed by atoms with van der Waals surface area (Å²) in [7, 11) is 0. The molecule has 0 atom stereocenters. The second-order valence-corrected chi connectivity index (χ2v) is 4.79. The van der Waals surface area contributed by atoms with Crippen LogP contribution in [-0.4, -0.2) is 30.1 Å². The Morgan fingerprint density at radius 2 is 1.64 bits per heavy atom. The highest BCUT2D eigenvalue weighted by Gasteiger charge is 2.23. The number of nitrogens with two attached hydrogens (primary N) is 1. The van der Waals surface area contributed by atoms with E-state index in [1.165, 1.54) is 0 Å². The van der Waals surface area contributed by atoms with E-state index in [0.717, 1.165) is 38.4 Å². The van der Waals surface area contributed by atoms with Gasteiger partial charge in [-0.1, -0.05) is 34.6 Å². The summed E-state index contributed by atoms with van der Waals surface area (Å²) < 4.78 is 0. The van der Waals surface area contributed by atoms with Crippen LogP contribution in [0.4, 0.5) is 0 Å². The van der Waals surface area contributed by atoms with Crippen LogP contribution in [0.1, 0.15) is 47.5 Å². The molecule has 0 radical (unpaired) electrons. The van der Waals surface area contributed by atoms with E-state index in [0.29, 0.717) is 0 Å². The van der Waals surface area contributed by atoms with Gasteiger partial charge in [0, 0.05) is 18.6 Å². The molecule has 0 saturated heterocycles. The lowest BCUT2D eigenvalue weighted by Crippen LogP contribution is -2.50. The van der Waals surface area contributed by atoms with E-state index in [9.17, 15) is 0 Å². The average Bonchev–Trinajstić information content (AvgIpc) is 2.16. The van der Waals surface area contributed by atoms with Crippen molar-refractivity contribution in [2.75, 3.05) is 19.6 Å². The lowest BCUT2D eigenvalue weighted by atomic mass is 9.93. The van der Waals surface area contributed by atoms with Crippen LogP contribution in [0.25, 0.3) is 0 Å². The van der Waals surface area contributed by atoms with Crippen LogP contribution in [0, 0.1) is 5.92 Å². The molecule has 0 aliphatic heterocycles. The van der Waals surface area contributed by atoms with Crippen molar-refractivity contribution in [3.05, 3.63) is 0 Å². The zero-order valence-corrected chi connectivity index (χ0v) is 10.6. The minimum absolute atomic E-state index is 0.0188. The van der Waals surface area contributed by atoms with Gasteiger partial charge in [0.15, 0.2) is 0 Å². The lowest BCUT2D eigenvalue weighted by Gasteiger charge is -2.34. The number of nitrogens with zero attached hydrogens (tertiary/aromatic N) is 1. The van der Waals surface area contributed by atoms with Gasteiger partial charge in [-0.2, -0.15) is 0 Å². The molecule has 0 aliphatic rings. The first-order valence-corrected chi connectivity index (χ1v) is 5.98. The third kappa shape index (κ3) is 4.97. The number of likely N-dealkylation sites (N-methyl/N-ethyl adjacent to an activating group) is 1. The van der Waals surface area contributed by atoms with Gasteiger partial charge in [0.1, 0.15) is 0 Å². The normalized spacial score (nSPS) is 12.9. The molecule has 0 aromatic rings. The first kappa shape index (κ1) is 13.9. The van der Waals surface area contributed by atoms with E-state index >= 15 is 0 Å². The maximum atomic E-state index is 6.31. The first-order valence-electron chi connectivity index (χ1n) is 5.98. The van der Waals surface area contributed by atoms with Gasteiger partial charge in [-0.25, -0.2) is 0 Å². The molecule has 0 unspecified atom stereocenters. The molecule has 2 nitrogen and oxygen atoms in total. The maximum Gasteiger partial charge on any atom is 0.0278 e. The second kappa shape index (κ2) is 6.41. The monoisotopic (exact) mass is 200 g/mol. The molecule has 0 saturated carbocycles. The highest BCUT2D eigenvalue weighted by Crippen LogP contribution is 2.14. The Labute approximate surface area is 89.9 Å². The van der Waals surface area contributed by atoms with E-state index < -0.39 is 0 Å². The van der Waals surface area contributed by atoms with Crippen molar-refractivity contribution in [3.63, 3.8) is 0 Å².